The van der Waals surface area contributed by atoms with E-state index in [-0.39, 0.29) is 5.03 Å². The van der Waals surface area contributed by atoms with Crippen molar-refractivity contribution in [3.63, 3.8) is 0 Å². The summed E-state index contributed by atoms with van der Waals surface area (Å²) in [6, 6.07) is 2.98. The van der Waals surface area contributed by atoms with Gasteiger partial charge < -0.3 is 0 Å². The van der Waals surface area contributed by atoms with E-state index in [1.54, 1.807) is 12.3 Å². The summed E-state index contributed by atoms with van der Waals surface area (Å²) in [6.07, 6.45) is 1.54. The molecule has 0 aliphatic heterocycles. The molecule has 0 fully saturated rings. The quantitative estimate of drug-likeness (QED) is 0.746. The number of halogens is 1. The molecule has 0 bridgehead atoms. The van der Waals surface area contributed by atoms with Crippen molar-refractivity contribution in [1.29, 1.82) is 0 Å². The average molecular weight is 225 g/mol. The highest BCUT2D eigenvalue weighted by Crippen LogP contribution is 2.09. The van der Waals surface area contributed by atoms with Crippen LogP contribution in [0.3, 0.4) is 0 Å². The molecular weight excluding hydrogens is 220 g/mol. The van der Waals surface area contributed by atoms with Gasteiger partial charge in [-0.25, -0.2) is 13.6 Å². The van der Waals surface area contributed by atoms with E-state index in [1.165, 1.54) is 9.66 Å². The zero-order valence-electron chi connectivity index (χ0n) is 4.86. The number of sulfonamides is 1. The van der Waals surface area contributed by atoms with Gasteiger partial charge in [-0.2, -0.15) is 0 Å². The van der Waals surface area contributed by atoms with Crippen LogP contribution in [0, 0.1) is 0 Å². The predicted octanol–water partition coefficient (Wildman–Crippen LogP) is 0.294. The lowest BCUT2D eigenvalue weighted by molar-refractivity contribution is 0.594. The van der Waals surface area contributed by atoms with Crippen molar-refractivity contribution in [3.8, 4) is 0 Å². The van der Waals surface area contributed by atoms with E-state index in [9.17, 15) is 8.42 Å². The third-order valence-electron chi connectivity index (χ3n) is 0.958. The Morgan fingerprint density at radius 3 is 2.40 bits per heavy atom. The molecule has 0 amide bonds. The molecule has 0 aliphatic rings. The van der Waals surface area contributed by atoms with Gasteiger partial charge in [-0.3, -0.25) is 3.59 Å². The van der Waals surface area contributed by atoms with E-state index in [4.69, 9.17) is 5.14 Å². The van der Waals surface area contributed by atoms with Gasteiger partial charge in [0.1, 0.15) is 0 Å². The van der Waals surface area contributed by atoms with Gasteiger partial charge in [0.15, 0.2) is 5.03 Å². The Balaban J connectivity index is 3.32. The number of primary sulfonamides is 1. The van der Waals surface area contributed by atoms with Crippen LogP contribution < -0.4 is 5.14 Å². The molecule has 0 saturated carbocycles. The van der Waals surface area contributed by atoms with Crippen LogP contribution >= 0.6 is 16.1 Å². The fourth-order valence-electron chi connectivity index (χ4n) is 0.562. The molecular formula is C4H5BrN2O2S. The lowest BCUT2D eigenvalue weighted by Gasteiger charge is -1.94. The molecule has 1 rings (SSSR count). The van der Waals surface area contributed by atoms with Crippen LogP contribution in [0.5, 0.6) is 0 Å². The highest BCUT2D eigenvalue weighted by molar-refractivity contribution is 9.08. The molecule has 2 N–H and O–H groups in total. The summed E-state index contributed by atoms with van der Waals surface area (Å²) in [5.41, 5.74) is 0. The molecule has 4 nitrogen and oxygen atoms in total. The average Bonchev–Trinajstić information content (AvgIpc) is 2.11. The van der Waals surface area contributed by atoms with Gasteiger partial charge in [0.05, 0.1) is 16.1 Å². The summed E-state index contributed by atoms with van der Waals surface area (Å²) >= 11 is 2.96. The van der Waals surface area contributed by atoms with E-state index >= 15 is 0 Å². The molecule has 1 aromatic rings. The third-order valence-corrected chi connectivity index (χ3v) is 2.73. The molecule has 0 aliphatic carbocycles. The second kappa shape index (κ2) is 2.37. The first-order chi connectivity index (χ1) is 4.52. The minimum absolute atomic E-state index is 0.0486. The van der Waals surface area contributed by atoms with Gasteiger partial charge in [-0.15, -0.1) is 0 Å². The molecule has 1 heterocycles. The molecule has 0 atom stereocenters. The standard InChI is InChI=1S/C4H5BrN2O2S/c5-7-3-1-2-4(7)10(6,8)9/h1-3H,(H2,6,8,9). The van der Waals surface area contributed by atoms with Gasteiger partial charge >= 0.3 is 0 Å². The van der Waals surface area contributed by atoms with Crippen molar-refractivity contribution in [1.82, 2.24) is 3.59 Å². The predicted molar refractivity (Wildman–Crippen MR) is 40.1 cm³/mol. The van der Waals surface area contributed by atoms with Crippen LogP contribution in [-0.2, 0) is 10.0 Å². The summed E-state index contributed by atoms with van der Waals surface area (Å²) < 4.78 is 22.5. The van der Waals surface area contributed by atoms with Crippen molar-refractivity contribution >= 4 is 26.2 Å². The first-order valence-electron chi connectivity index (χ1n) is 2.38. The maximum absolute atomic E-state index is 10.6. The van der Waals surface area contributed by atoms with E-state index in [2.05, 4.69) is 16.1 Å². The number of hydrogen-bond acceptors (Lipinski definition) is 2. The van der Waals surface area contributed by atoms with Crippen LogP contribution in [0.4, 0.5) is 0 Å². The SMILES string of the molecule is NS(=O)(=O)c1cccn1Br. The lowest BCUT2D eigenvalue weighted by Crippen LogP contribution is -2.13. The third kappa shape index (κ3) is 1.39. The highest BCUT2D eigenvalue weighted by Gasteiger charge is 2.10. The van der Waals surface area contributed by atoms with Crippen LogP contribution in [0.2, 0.25) is 0 Å². The van der Waals surface area contributed by atoms with Gasteiger partial charge in [-0.1, -0.05) is 0 Å². The van der Waals surface area contributed by atoms with Crippen molar-refractivity contribution in [2.45, 2.75) is 5.03 Å². The normalized spacial score (nSPS) is 11.8. The van der Waals surface area contributed by atoms with Crippen molar-refractivity contribution < 1.29 is 8.42 Å². The number of nitrogens with two attached hydrogens (primary N) is 1. The van der Waals surface area contributed by atoms with Gasteiger partial charge in [0.2, 0.25) is 0 Å². The topological polar surface area (TPSA) is 65.1 Å². The largest absolute Gasteiger partial charge is 0.273 e. The monoisotopic (exact) mass is 224 g/mol. The smallest absolute Gasteiger partial charge is 0.254 e. The molecule has 0 aromatic carbocycles. The summed E-state index contributed by atoms with van der Waals surface area (Å²) in [5.74, 6) is 0. The van der Waals surface area contributed by atoms with Gasteiger partial charge in [-0.05, 0) is 12.1 Å². The lowest BCUT2D eigenvalue weighted by atomic mass is 10.7. The van der Waals surface area contributed by atoms with Gasteiger partial charge in [0.25, 0.3) is 10.0 Å². The van der Waals surface area contributed by atoms with Crippen molar-refractivity contribution in [3.05, 3.63) is 18.3 Å². The second-order valence-corrected chi connectivity index (χ2v) is 3.98. The number of aromatic nitrogens is 1. The maximum Gasteiger partial charge on any atom is 0.254 e. The number of rotatable bonds is 1. The van der Waals surface area contributed by atoms with E-state index in [0.717, 1.165) is 0 Å². The molecule has 6 heteroatoms. The summed E-state index contributed by atoms with van der Waals surface area (Å²) in [6.45, 7) is 0. The minimum atomic E-state index is -3.57. The highest BCUT2D eigenvalue weighted by atomic mass is 79.9. The molecule has 56 valence electrons. The van der Waals surface area contributed by atoms with E-state index in [1.807, 2.05) is 0 Å². The molecule has 10 heavy (non-hydrogen) atoms. The van der Waals surface area contributed by atoms with Gasteiger partial charge in [0, 0.05) is 6.20 Å². The Hall–Kier alpha value is -0.330. The Morgan fingerprint density at radius 2 is 2.20 bits per heavy atom. The zero-order chi connectivity index (χ0) is 7.78. The molecule has 0 radical (unpaired) electrons. The van der Waals surface area contributed by atoms with Crippen molar-refractivity contribution in [2.75, 3.05) is 0 Å². The number of hydrogen-bond donors (Lipinski definition) is 1. The van der Waals surface area contributed by atoms with E-state index < -0.39 is 10.0 Å². The Labute approximate surface area is 67.0 Å². The summed E-state index contributed by atoms with van der Waals surface area (Å²) in [7, 11) is -3.57. The van der Waals surface area contributed by atoms with E-state index in [0.29, 0.717) is 0 Å². The summed E-state index contributed by atoms with van der Waals surface area (Å²) in [4.78, 5) is 0. The maximum atomic E-state index is 10.6. The van der Waals surface area contributed by atoms with Crippen LogP contribution in [-0.4, -0.2) is 12.0 Å². The minimum Gasteiger partial charge on any atom is -0.273 e. The van der Waals surface area contributed by atoms with Crippen LogP contribution in [0.15, 0.2) is 23.4 Å². The second-order valence-electron chi connectivity index (χ2n) is 1.70. The summed E-state index contributed by atoms with van der Waals surface area (Å²) in [5, 5.41) is 4.87. The fourth-order valence-corrected chi connectivity index (χ4v) is 1.99. The van der Waals surface area contributed by atoms with Crippen LogP contribution in [0.25, 0.3) is 0 Å². The molecule has 0 unspecified atom stereocenters. The molecule has 0 spiro atoms. The van der Waals surface area contributed by atoms with Crippen molar-refractivity contribution in [2.24, 2.45) is 5.14 Å². The Kier molecular flexibility index (Phi) is 1.84. The fraction of sp³-hybridized carbons (Fsp3) is 0. The number of nitrogens with zero attached hydrogens (tertiary/aromatic N) is 1. The Morgan fingerprint density at radius 1 is 1.60 bits per heavy atom. The van der Waals surface area contributed by atoms with Crippen LogP contribution in [0.1, 0.15) is 0 Å². The first kappa shape index (κ1) is 7.77. The molecule has 0 saturated heterocycles. The molecule has 1 aromatic heterocycles. The zero-order valence-corrected chi connectivity index (χ0v) is 7.26. The Bertz CT molecular complexity index is 329. The first-order valence-corrected chi connectivity index (χ1v) is 4.63.